The maximum atomic E-state index is 12.7. The van der Waals surface area contributed by atoms with Crippen LogP contribution in [0.1, 0.15) is 154 Å². The fourth-order valence-corrected chi connectivity index (χ4v) is 14.1. The number of carboxylic acid groups (broad SMARTS) is 1. The summed E-state index contributed by atoms with van der Waals surface area (Å²) in [4.78, 5) is 34.9. The maximum absolute atomic E-state index is 12.7. The molecule has 74 heavy (non-hydrogen) atoms. The number of esters is 1. The number of carbonyl (C=O) groups excluding carboxylic acids is 1. The van der Waals surface area contributed by atoms with Gasteiger partial charge >= 0.3 is 11.9 Å². The number of hydrogen-bond acceptors (Lipinski definition) is 7. The standard InChI is InChI=1S/C32H40ClN3O2.C30H36ClN3O2/c1-2-38-32(37)23-11-14-29-28(21-23)26-15-18-35(20-19-34-16-7-4-8-17-34)30-22-24(33)12-13-27(30)31(26)36(29)25-9-5-3-6-10-25;31-22-10-11-25-28(20-22)33(18-17-32-14-5-2-6-15-32)16-13-24-26-19-21(30(35)36)9-12-27(26)34(29(24)25)23-7-3-1-4-8-23/h11-14,21-22,25H,2-10,15-20H2,1H3;9-12,19-20,23H,1-8,13-18H2,(H,35,36). The summed E-state index contributed by atoms with van der Waals surface area (Å²) < 4.78 is 10.6. The second-order valence-corrected chi connectivity index (χ2v) is 22.9. The minimum atomic E-state index is -0.861. The molecule has 2 saturated carbocycles. The summed E-state index contributed by atoms with van der Waals surface area (Å²) >= 11 is 13.2. The van der Waals surface area contributed by atoms with Gasteiger partial charge in [-0.2, -0.15) is 0 Å². The number of halogens is 2. The van der Waals surface area contributed by atoms with E-state index in [1.807, 2.05) is 37.3 Å². The molecule has 2 saturated heterocycles. The van der Waals surface area contributed by atoms with Gasteiger partial charge in [-0.1, -0.05) is 74.6 Å². The van der Waals surface area contributed by atoms with Gasteiger partial charge in [0, 0.05) is 106 Å². The van der Waals surface area contributed by atoms with E-state index in [1.54, 1.807) is 6.07 Å². The highest BCUT2D eigenvalue weighted by Crippen LogP contribution is 2.48. The summed E-state index contributed by atoms with van der Waals surface area (Å²) in [5, 5.41) is 13.6. The minimum absolute atomic E-state index is 0.238. The summed E-state index contributed by atoms with van der Waals surface area (Å²) in [5.74, 6) is -1.10. The van der Waals surface area contributed by atoms with Crippen molar-refractivity contribution in [1.29, 1.82) is 0 Å². The molecular weight excluding hydrogens is 964 g/mol. The molecule has 1 N–H and O–H groups in total. The van der Waals surface area contributed by atoms with Crippen LogP contribution >= 0.6 is 23.2 Å². The van der Waals surface area contributed by atoms with Crippen molar-refractivity contribution in [2.45, 2.75) is 135 Å². The molecule has 4 aromatic carbocycles. The molecule has 0 unspecified atom stereocenters. The van der Waals surface area contributed by atoms with E-state index in [4.69, 9.17) is 27.9 Å². The lowest BCUT2D eigenvalue weighted by Gasteiger charge is -2.32. The molecule has 392 valence electrons. The van der Waals surface area contributed by atoms with Crippen LogP contribution in [0.5, 0.6) is 0 Å². The van der Waals surface area contributed by atoms with E-state index in [0.717, 1.165) is 67.5 Å². The topological polar surface area (TPSA) is 86.4 Å². The van der Waals surface area contributed by atoms with E-state index in [9.17, 15) is 14.7 Å². The van der Waals surface area contributed by atoms with Gasteiger partial charge in [-0.15, -0.1) is 0 Å². The monoisotopic (exact) mass is 1040 g/mol. The zero-order valence-corrected chi connectivity index (χ0v) is 45.2. The lowest BCUT2D eigenvalue weighted by Crippen LogP contribution is -2.38. The Balaban J connectivity index is 0.000000159. The van der Waals surface area contributed by atoms with Crippen LogP contribution in [0, 0.1) is 0 Å². The number of piperidine rings is 2. The van der Waals surface area contributed by atoms with Crippen molar-refractivity contribution in [1.82, 2.24) is 18.9 Å². The number of fused-ring (bicyclic) bond motifs is 10. The fraction of sp³-hybridized carbons (Fsp3) is 0.516. The Bertz CT molecular complexity index is 2970. The number of benzene rings is 4. The number of carboxylic acids is 1. The molecule has 12 rings (SSSR count). The van der Waals surface area contributed by atoms with Crippen molar-refractivity contribution in [3.8, 4) is 22.5 Å². The van der Waals surface area contributed by atoms with Gasteiger partial charge in [0.05, 0.1) is 29.1 Å². The van der Waals surface area contributed by atoms with Crippen LogP contribution in [0.4, 0.5) is 11.4 Å². The number of hydrogen-bond donors (Lipinski definition) is 1. The average molecular weight is 1040 g/mol. The summed E-state index contributed by atoms with van der Waals surface area (Å²) in [6.07, 6.45) is 22.2. The number of ether oxygens (including phenoxy) is 1. The van der Waals surface area contributed by atoms with Crippen LogP contribution in [0.2, 0.25) is 10.0 Å². The molecular formula is C62H76Cl2N6O4. The van der Waals surface area contributed by atoms with Crippen LogP contribution < -0.4 is 9.80 Å². The highest BCUT2D eigenvalue weighted by Gasteiger charge is 2.33. The predicted molar refractivity (Wildman–Crippen MR) is 304 cm³/mol. The van der Waals surface area contributed by atoms with Gasteiger partial charge in [0.25, 0.3) is 0 Å². The largest absolute Gasteiger partial charge is 0.478 e. The Morgan fingerprint density at radius 1 is 0.527 bits per heavy atom. The Labute approximate surface area is 448 Å². The van der Waals surface area contributed by atoms with Crippen molar-refractivity contribution in [3.05, 3.63) is 105 Å². The fourth-order valence-electron chi connectivity index (χ4n) is 13.8. The Kier molecular flexibility index (Phi) is 15.9. The van der Waals surface area contributed by atoms with E-state index >= 15 is 0 Å². The average Bonchev–Trinajstić information content (AvgIpc) is 3.81. The molecule has 4 fully saturated rings. The molecule has 6 aliphatic rings. The van der Waals surface area contributed by atoms with E-state index in [0.29, 0.717) is 29.8 Å². The van der Waals surface area contributed by atoms with Crippen molar-refractivity contribution < 1.29 is 19.4 Å². The maximum Gasteiger partial charge on any atom is 0.338 e. The van der Waals surface area contributed by atoms with E-state index in [-0.39, 0.29) is 5.97 Å². The van der Waals surface area contributed by atoms with Gasteiger partial charge in [-0.05, 0) is 181 Å². The third kappa shape index (κ3) is 10.6. The number of nitrogens with zero attached hydrogens (tertiary/aromatic N) is 6. The molecule has 12 heteroatoms. The van der Waals surface area contributed by atoms with E-state index in [1.165, 1.54) is 190 Å². The van der Waals surface area contributed by atoms with Gasteiger partial charge in [0.2, 0.25) is 0 Å². The molecule has 0 radical (unpaired) electrons. The lowest BCUT2D eigenvalue weighted by molar-refractivity contribution is 0.0526. The van der Waals surface area contributed by atoms with Crippen LogP contribution in [0.15, 0.2) is 72.8 Å². The summed E-state index contributed by atoms with van der Waals surface area (Å²) in [7, 11) is 0. The summed E-state index contributed by atoms with van der Waals surface area (Å²) in [6.45, 7) is 13.1. The van der Waals surface area contributed by atoms with Gasteiger partial charge < -0.3 is 38.6 Å². The number of aromatic carboxylic acids is 1. The third-order valence-corrected chi connectivity index (χ3v) is 18.0. The number of likely N-dealkylation sites (tertiary alicyclic amines) is 2. The molecule has 0 amide bonds. The Morgan fingerprint density at radius 3 is 1.41 bits per heavy atom. The molecule has 4 aliphatic heterocycles. The molecule has 6 aromatic rings. The molecule has 6 heterocycles. The van der Waals surface area contributed by atoms with Gasteiger partial charge in [-0.25, -0.2) is 9.59 Å². The quantitative estimate of drug-likeness (QED) is 0.128. The zero-order chi connectivity index (χ0) is 50.7. The van der Waals surface area contributed by atoms with Gasteiger partial charge in [-0.3, -0.25) is 0 Å². The summed E-state index contributed by atoms with van der Waals surface area (Å²) in [5.41, 5.74) is 13.7. The van der Waals surface area contributed by atoms with Crippen molar-refractivity contribution in [3.63, 3.8) is 0 Å². The summed E-state index contributed by atoms with van der Waals surface area (Å²) in [6, 6.07) is 25.7. The van der Waals surface area contributed by atoms with E-state index in [2.05, 4.69) is 65.1 Å². The van der Waals surface area contributed by atoms with Crippen LogP contribution in [-0.4, -0.2) is 108 Å². The first-order chi connectivity index (χ1) is 36.2. The van der Waals surface area contributed by atoms with Gasteiger partial charge in [0.1, 0.15) is 0 Å². The molecule has 0 bridgehead atoms. The Hall–Kier alpha value is -5.00. The highest BCUT2D eigenvalue weighted by molar-refractivity contribution is 6.31. The highest BCUT2D eigenvalue weighted by atomic mass is 35.5. The normalized spacial score (nSPS) is 19.0. The van der Waals surface area contributed by atoms with Crippen LogP contribution in [0.3, 0.4) is 0 Å². The first kappa shape index (κ1) is 51.1. The predicted octanol–water partition coefficient (Wildman–Crippen LogP) is 14.5. The Morgan fingerprint density at radius 2 is 0.959 bits per heavy atom. The molecule has 0 spiro atoms. The van der Waals surface area contributed by atoms with E-state index < -0.39 is 5.97 Å². The zero-order valence-electron chi connectivity index (χ0n) is 43.7. The molecule has 0 atom stereocenters. The third-order valence-electron chi connectivity index (χ3n) is 17.5. The van der Waals surface area contributed by atoms with Gasteiger partial charge in [0.15, 0.2) is 0 Å². The molecule has 2 aromatic heterocycles. The van der Waals surface area contributed by atoms with Crippen molar-refractivity contribution in [2.24, 2.45) is 0 Å². The number of anilines is 2. The van der Waals surface area contributed by atoms with Crippen molar-refractivity contribution in [2.75, 3.05) is 81.9 Å². The number of carbonyl (C=O) groups is 2. The molecule has 10 nitrogen and oxygen atoms in total. The number of rotatable bonds is 11. The lowest BCUT2D eigenvalue weighted by atomic mass is 9.94. The second-order valence-electron chi connectivity index (χ2n) is 22.1. The smallest absolute Gasteiger partial charge is 0.338 e. The minimum Gasteiger partial charge on any atom is -0.478 e. The van der Waals surface area contributed by atoms with Crippen LogP contribution in [0.25, 0.3) is 44.3 Å². The number of aromatic nitrogens is 2. The first-order valence-corrected chi connectivity index (χ1v) is 29.3. The second kappa shape index (κ2) is 23.1. The van der Waals surface area contributed by atoms with Crippen molar-refractivity contribution >= 4 is 68.3 Å². The first-order valence-electron chi connectivity index (χ1n) is 28.5. The SMILES string of the molecule is CCOC(=O)c1ccc2c(c1)c1c(n2C2CCCCC2)-c2ccc(Cl)cc2N(CCN2CCCCC2)CC1.O=C(O)c1ccc2c(c1)c1c(n2C2CCCCC2)-c2ccc(Cl)cc2N(CCN2CCCCC2)CC1. The van der Waals surface area contributed by atoms with Crippen LogP contribution in [-0.2, 0) is 17.6 Å². The molecule has 2 aliphatic carbocycles.